The predicted molar refractivity (Wildman–Crippen MR) is 97.6 cm³/mol. The van der Waals surface area contributed by atoms with Gasteiger partial charge in [0, 0.05) is 38.4 Å². The number of pyridine rings is 1. The number of carbonyl (C=O) groups excluding carboxylic acids is 1. The molecule has 6 heteroatoms. The molecule has 0 aliphatic carbocycles. The Hall–Kier alpha value is -1.50. The minimum atomic E-state index is 0.216. The summed E-state index contributed by atoms with van der Waals surface area (Å²) < 4.78 is 11.3. The zero-order valence-corrected chi connectivity index (χ0v) is 15.4. The molecule has 1 unspecified atom stereocenters. The van der Waals surface area contributed by atoms with E-state index in [0.29, 0.717) is 19.6 Å². The fourth-order valence-electron chi connectivity index (χ4n) is 4.51. The van der Waals surface area contributed by atoms with E-state index >= 15 is 0 Å². The Morgan fingerprint density at radius 2 is 2.12 bits per heavy atom. The van der Waals surface area contributed by atoms with Gasteiger partial charge in [0.15, 0.2) is 0 Å². The molecule has 0 radical (unpaired) electrons. The normalized spacial score (nSPS) is 27.0. The number of rotatable bonds is 4. The molecular weight excluding hydrogens is 330 g/mol. The Morgan fingerprint density at radius 3 is 2.85 bits per heavy atom. The van der Waals surface area contributed by atoms with Crippen molar-refractivity contribution in [1.29, 1.82) is 0 Å². The van der Waals surface area contributed by atoms with Crippen LogP contribution in [0.25, 0.3) is 0 Å². The van der Waals surface area contributed by atoms with E-state index in [9.17, 15) is 4.79 Å². The second-order valence-electron chi connectivity index (χ2n) is 7.98. The molecule has 26 heavy (non-hydrogen) atoms. The maximum Gasteiger partial charge on any atom is 0.222 e. The molecule has 0 N–H and O–H groups in total. The first-order valence-electron chi connectivity index (χ1n) is 9.81. The molecule has 1 aromatic heterocycles. The summed E-state index contributed by atoms with van der Waals surface area (Å²) in [6.45, 7) is 6.88. The molecule has 1 spiro atoms. The van der Waals surface area contributed by atoms with Gasteiger partial charge >= 0.3 is 0 Å². The molecule has 6 nitrogen and oxygen atoms in total. The van der Waals surface area contributed by atoms with Crippen LogP contribution in [0.3, 0.4) is 0 Å². The van der Waals surface area contributed by atoms with E-state index < -0.39 is 0 Å². The lowest BCUT2D eigenvalue weighted by molar-refractivity contribution is -0.140. The third-order valence-electron chi connectivity index (χ3n) is 6.11. The summed E-state index contributed by atoms with van der Waals surface area (Å²) in [7, 11) is 0. The lowest BCUT2D eigenvalue weighted by Gasteiger charge is -2.48. The monoisotopic (exact) mass is 359 g/mol. The first kappa shape index (κ1) is 17.9. The zero-order chi connectivity index (χ0) is 17.8. The molecule has 3 saturated heterocycles. The molecule has 0 aromatic carbocycles. The summed E-state index contributed by atoms with van der Waals surface area (Å²) in [5.41, 5.74) is 1.40. The molecule has 3 aliphatic heterocycles. The lowest BCUT2D eigenvalue weighted by atomic mass is 9.72. The van der Waals surface area contributed by atoms with Crippen LogP contribution >= 0.6 is 0 Å². The van der Waals surface area contributed by atoms with Gasteiger partial charge < -0.3 is 19.3 Å². The molecule has 0 saturated carbocycles. The van der Waals surface area contributed by atoms with Crippen LogP contribution in [0.5, 0.6) is 0 Å². The summed E-state index contributed by atoms with van der Waals surface area (Å²) in [5.74, 6) is 0.287. The van der Waals surface area contributed by atoms with Gasteiger partial charge in [-0.1, -0.05) is 6.07 Å². The SMILES string of the molecule is O=C1CCC2(CCN(CC3COCCO3)CC2)CN1Cc1cccnc1. The summed E-state index contributed by atoms with van der Waals surface area (Å²) >= 11 is 0. The Morgan fingerprint density at radius 1 is 1.23 bits per heavy atom. The van der Waals surface area contributed by atoms with Crippen LogP contribution in [-0.2, 0) is 20.8 Å². The van der Waals surface area contributed by atoms with Crippen LogP contribution in [0.2, 0.25) is 0 Å². The van der Waals surface area contributed by atoms with Crippen LogP contribution < -0.4 is 0 Å². The second kappa shape index (κ2) is 8.03. The van der Waals surface area contributed by atoms with Gasteiger partial charge in [-0.2, -0.15) is 0 Å². The number of carbonyl (C=O) groups is 1. The minimum absolute atomic E-state index is 0.216. The van der Waals surface area contributed by atoms with E-state index in [1.54, 1.807) is 6.20 Å². The highest BCUT2D eigenvalue weighted by Gasteiger charge is 2.41. The van der Waals surface area contributed by atoms with Gasteiger partial charge in [-0.15, -0.1) is 0 Å². The van der Waals surface area contributed by atoms with Crippen molar-refractivity contribution in [3.05, 3.63) is 30.1 Å². The van der Waals surface area contributed by atoms with E-state index in [-0.39, 0.29) is 17.4 Å². The highest BCUT2D eigenvalue weighted by atomic mass is 16.6. The van der Waals surface area contributed by atoms with E-state index in [1.807, 2.05) is 17.2 Å². The standard InChI is InChI=1S/C20H29N3O3/c24-19-3-4-20(16-23(19)13-17-2-1-7-21-12-17)5-8-22(9-6-20)14-18-15-25-10-11-26-18/h1-2,7,12,18H,3-6,8-11,13-16H2. The van der Waals surface area contributed by atoms with Gasteiger partial charge in [-0.3, -0.25) is 9.78 Å². The average Bonchev–Trinajstić information content (AvgIpc) is 2.69. The van der Waals surface area contributed by atoms with Gasteiger partial charge in [0.2, 0.25) is 5.91 Å². The second-order valence-corrected chi connectivity index (χ2v) is 7.98. The quantitative estimate of drug-likeness (QED) is 0.819. The van der Waals surface area contributed by atoms with Crippen LogP contribution in [0, 0.1) is 5.41 Å². The molecule has 1 amide bonds. The Labute approximate surface area is 155 Å². The topological polar surface area (TPSA) is 54.9 Å². The van der Waals surface area contributed by atoms with E-state index in [0.717, 1.165) is 64.2 Å². The number of amides is 1. The van der Waals surface area contributed by atoms with Gasteiger partial charge in [-0.05, 0) is 49.4 Å². The summed E-state index contributed by atoms with van der Waals surface area (Å²) in [5, 5.41) is 0. The Kier molecular flexibility index (Phi) is 5.52. The van der Waals surface area contributed by atoms with Gasteiger partial charge in [0.05, 0.1) is 25.9 Å². The number of aromatic nitrogens is 1. The highest BCUT2D eigenvalue weighted by Crippen LogP contribution is 2.40. The Balaban J connectivity index is 1.32. The maximum atomic E-state index is 12.4. The number of hydrogen-bond donors (Lipinski definition) is 0. The van der Waals surface area contributed by atoms with E-state index in [2.05, 4.69) is 16.0 Å². The van der Waals surface area contributed by atoms with Crippen molar-refractivity contribution >= 4 is 5.91 Å². The molecule has 1 atom stereocenters. The van der Waals surface area contributed by atoms with Crippen molar-refractivity contribution in [2.45, 2.75) is 38.3 Å². The van der Waals surface area contributed by atoms with Crippen molar-refractivity contribution in [3.63, 3.8) is 0 Å². The van der Waals surface area contributed by atoms with Gasteiger partial charge in [0.1, 0.15) is 0 Å². The molecule has 3 fully saturated rings. The average molecular weight is 359 g/mol. The van der Waals surface area contributed by atoms with Crippen molar-refractivity contribution in [1.82, 2.24) is 14.8 Å². The Bertz CT molecular complexity index is 596. The smallest absolute Gasteiger partial charge is 0.222 e. The summed E-state index contributed by atoms with van der Waals surface area (Å²) in [4.78, 5) is 21.2. The molecule has 0 bridgehead atoms. The third kappa shape index (κ3) is 4.24. The largest absolute Gasteiger partial charge is 0.376 e. The summed E-state index contributed by atoms with van der Waals surface area (Å²) in [6, 6.07) is 3.99. The van der Waals surface area contributed by atoms with E-state index in [1.165, 1.54) is 0 Å². The van der Waals surface area contributed by atoms with Gasteiger partial charge in [-0.25, -0.2) is 0 Å². The van der Waals surface area contributed by atoms with Gasteiger partial charge in [0.25, 0.3) is 0 Å². The lowest BCUT2D eigenvalue weighted by Crippen LogP contribution is -2.52. The molecular formula is C20H29N3O3. The molecule has 142 valence electrons. The zero-order valence-electron chi connectivity index (χ0n) is 15.4. The summed E-state index contributed by atoms with van der Waals surface area (Å²) in [6.07, 6.45) is 7.90. The first-order chi connectivity index (χ1) is 12.7. The van der Waals surface area contributed by atoms with Crippen LogP contribution in [0.15, 0.2) is 24.5 Å². The van der Waals surface area contributed by atoms with Crippen LogP contribution in [0.4, 0.5) is 0 Å². The fourth-order valence-corrected chi connectivity index (χ4v) is 4.51. The molecule has 4 rings (SSSR count). The van der Waals surface area contributed by atoms with Crippen LogP contribution in [0.1, 0.15) is 31.2 Å². The van der Waals surface area contributed by atoms with Crippen molar-refractivity contribution in [2.24, 2.45) is 5.41 Å². The van der Waals surface area contributed by atoms with Crippen molar-refractivity contribution in [3.8, 4) is 0 Å². The molecule has 3 aliphatic rings. The van der Waals surface area contributed by atoms with Crippen molar-refractivity contribution in [2.75, 3.05) is 46.0 Å². The number of ether oxygens (including phenoxy) is 2. The number of piperidine rings is 2. The fraction of sp³-hybridized carbons (Fsp3) is 0.700. The predicted octanol–water partition coefficient (Wildman–Crippen LogP) is 1.70. The van der Waals surface area contributed by atoms with E-state index in [4.69, 9.17) is 9.47 Å². The number of nitrogens with zero attached hydrogens (tertiary/aromatic N) is 3. The number of hydrogen-bond acceptors (Lipinski definition) is 5. The highest BCUT2D eigenvalue weighted by molar-refractivity contribution is 5.77. The number of likely N-dealkylation sites (tertiary alicyclic amines) is 2. The molecule has 4 heterocycles. The third-order valence-corrected chi connectivity index (χ3v) is 6.11. The minimum Gasteiger partial charge on any atom is -0.376 e. The maximum absolute atomic E-state index is 12.4. The molecule has 1 aromatic rings. The first-order valence-corrected chi connectivity index (χ1v) is 9.81. The van der Waals surface area contributed by atoms with Crippen LogP contribution in [-0.4, -0.2) is 72.8 Å². The van der Waals surface area contributed by atoms with Crippen molar-refractivity contribution < 1.29 is 14.3 Å².